The summed E-state index contributed by atoms with van der Waals surface area (Å²) in [6.45, 7) is 4.21. The zero-order valence-electron chi connectivity index (χ0n) is 11.3. The molecule has 0 bridgehead atoms. The van der Waals surface area contributed by atoms with Crippen molar-refractivity contribution in [2.75, 3.05) is 0 Å². The number of hydrogen-bond acceptors (Lipinski definition) is 2. The van der Waals surface area contributed by atoms with Crippen molar-refractivity contribution in [3.05, 3.63) is 53.6 Å². The molecule has 2 aromatic rings. The fraction of sp³-hybridized carbons (Fsp3) is 0.400. The fourth-order valence-corrected chi connectivity index (χ4v) is 1.92. The van der Waals surface area contributed by atoms with Crippen molar-refractivity contribution >= 4 is 0 Å². The molecule has 0 saturated carbocycles. The van der Waals surface area contributed by atoms with Gasteiger partial charge in [0.1, 0.15) is 5.82 Å². The predicted molar refractivity (Wildman–Crippen MR) is 72.3 cm³/mol. The van der Waals surface area contributed by atoms with E-state index in [-0.39, 0.29) is 5.82 Å². The van der Waals surface area contributed by atoms with Crippen LogP contribution < -0.4 is 0 Å². The van der Waals surface area contributed by atoms with E-state index < -0.39 is 6.10 Å². The number of rotatable bonds is 5. The topological polar surface area (TPSA) is 38.0 Å². The van der Waals surface area contributed by atoms with Gasteiger partial charge in [-0.15, -0.1) is 0 Å². The van der Waals surface area contributed by atoms with Gasteiger partial charge >= 0.3 is 0 Å². The molecule has 0 amide bonds. The number of aromatic nitrogens is 2. The Morgan fingerprint density at radius 2 is 1.95 bits per heavy atom. The third-order valence-corrected chi connectivity index (χ3v) is 3.36. The molecule has 3 nitrogen and oxygen atoms in total. The van der Waals surface area contributed by atoms with Crippen LogP contribution in [-0.4, -0.2) is 14.9 Å². The number of nitrogens with zero attached hydrogens (tertiary/aromatic N) is 2. The third-order valence-electron chi connectivity index (χ3n) is 3.36. The second kappa shape index (κ2) is 5.97. The first-order valence-corrected chi connectivity index (χ1v) is 6.57. The van der Waals surface area contributed by atoms with Crippen LogP contribution in [0.4, 0.5) is 4.39 Å². The van der Waals surface area contributed by atoms with Crippen molar-refractivity contribution in [2.24, 2.45) is 0 Å². The van der Waals surface area contributed by atoms with E-state index >= 15 is 0 Å². The Kier molecular flexibility index (Phi) is 4.32. The lowest BCUT2D eigenvalue weighted by molar-refractivity contribution is 0.176. The summed E-state index contributed by atoms with van der Waals surface area (Å²) >= 11 is 0. The molecule has 0 spiro atoms. The van der Waals surface area contributed by atoms with Crippen LogP contribution in [0.2, 0.25) is 0 Å². The van der Waals surface area contributed by atoms with Gasteiger partial charge in [0.15, 0.2) is 0 Å². The highest BCUT2D eigenvalue weighted by molar-refractivity contribution is 5.20. The zero-order valence-corrected chi connectivity index (χ0v) is 11.3. The number of aliphatic hydroxyl groups excluding tert-OH is 1. The van der Waals surface area contributed by atoms with Gasteiger partial charge in [-0.2, -0.15) is 5.10 Å². The maximum atomic E-state index is 12.8. The molecule has 1 aromatic carbocycles. The molecule has 2 unspecified atom stereocenters. The summed E-state index contributed by atoms with van der Waals surface area (Å²) in [5.74, 6) is -0.294. The number of benzene rings is 1. The molecule has 2 rings (SSSR count). The first-order chi connectivity index (χ1) is 9.10. The Hall–Kier alpha value is -1.68. The van der Waals surface area contributed by atoms with Gasteiger partial charge in [0, 0.05) is 18.7 Å². The van der Waals surface area contributed by atoms with Crippen molar-refractivity contribution < 1.29 is 9.50 Å². The molecule has 1 heterocycles. The van der Waals surface area contributed by atoms with Crippen LogP contribution >= 0.6 is 0 Å². The Balaban J connectivity index is 2.04. The van der Waals surface area contributed by atoms with E-state index in [1.807, 2.05) is 16.9 Å². The van der Waals surface area contributed by atoms with Crippen LogP contribution in [0.3, 0.4) is 0 Å². The van der Waals surface area contributed by atoms with Gasteiger partial charge in [-0.05, 0) is 37.1 Å². The maximum absolute atomic E-state index is 12.8. The molecule has 0 aliphatic carbocycles. The molecule has 2 atom stereocenters. The Morgan fingerprint density at radius 1 is 1.26 bits per heavy atom. The number of halogens is 1. The second-order valence-corrected chi connectivity index (χ2v) is 4.82. The maximum Gasteiger partial charge on any atom is 0.123 e. The van der Waals surface area contributed by atoms with Crippen molar-refractivity contribution in [3.63, 3.8) is 0 Å². The Bertz CT molecular complexity index is 521. The van der Waals surface area contributed by atoms with Gasteiger partial charge in [0.25, 0.3) is 0 Å². The lowest BCUT2D eigenvalue weighted by Crippen LogP contribution is -2.07. The van der Waals surface area contributed by atoms with Crippen LogP contribution in [0.1, 0.15) is 43.7 Å². The second-order valence-electron chi connectivity index (χ2n) is 4.82. The Labute approximate surface area is 112 Å². The molecule has 0 saturated heterocycles. The normalized spacial score (nSPS) is 14.3. The third kappa shape index (κ3) is 3.41. The summed E-state index contributed by atoms with van der Waals surface area (Å²) in [5.41, 5.74) is 1.55. The first-order valence-electron chi connectivity index (χ1n) is 6.57. The van der Waals surface area contributed by atoms with Crippen molar-refractivity contribution in [3.8, 4) is 0 Å². The van der Waals surface area contributed by atoms with Crippen LogP contribution in [0.25, 0.3) is 0 Å². The standard InChI is InChI=1S/C15H19FN2O/c1-3-11(2)18-9-8-14(17-18)10-15(19)12-4-6-13(16)7-5-12/h4-9,11,15,19H,3,10H2,1-2H3. The molecular formula is C15H19FN2O. The van der Waals surface area contributed by atoms with Gasteiger partial charge in [0.05, 0.1) is 11.8 Å². The molecular weight excluding hydrogens is 243 g/mol. The van der Waals surface area contributed by atoms with Crippen LogP contribution in [0.5, 0.6) is 0 Å². The number of aliphatic hydroxyl groups is 1. The van der Waals surface area contributed by atoms with Gasteiger partial charge in [-0.25, -0.2) is 4.39 Å². The molecule has 19 heavy (non-hydrogen) atoms. The summed E-state index contributed by atoms with van der Waals surface area (Å²) in [6, 6.07) is 8.19. The van der Waals surface area contributed by atoms with Crippen molar-refractivity contribution in [1.29, 1.82) is 0 Å². The first kappa shape index (κ1) is 13.7. The molecule has 0 radical (unpaired) electrons. The largest absolute Gasteiger partial charge is 0.388 e. The van der Waals surface area contributed by atoms with E-state index in [2.05, 4.69) is 18.9 Å². The van der Waals surface area contributed by atoms with E-state index in [0.717, 1.165) is 12.1 Å². The monoisotopic (exact) mass is 262 g/mol. The van der Waals surface area contributed by atoms with Gasteiger partial charge in [-0.3, -0.25) is 4.68 Å². The predicted octanol–water partition coefficient (Wildman–Crippen LogP) is 3.27. The fourth-order valence-electron chi connectivity index (χ4n) is 1.92. The van der Waals surface area contributed by atoms with Gasteiger partial charge in [0.2, 0.25) is 0 Å². The van der Waals surface area contributed by atoms with E-state index in [0.29, 0.717) is 18.0 Å². The molecule has 4 heteroatoms. The lowest BCUT2D eigenvalue weighted by Gasteiger charge is -2.10. The highest BCUT2D eigenvalue weighted by atomic mass is 19.1. The van der Waals surface area contributed by atoms with E-state index in [4.69, 9.17) is 0 Å². The van der Waals surface area contributed by atoms with E-state index in [1.54, 1.807) is 12.1 Å². The van der Waals surface area contributed by atoms with Gasteiger partial charge in [-0.1, -0.05) is 19.1 Å². The smallest absolute Gasteiger partial charge is 0.123 e. The molecule has 0 aliphatic rings. The average Bonchev–Trinajstić information content (AvgIpc) is 2.87. The van der Waals surface area contributed by atoms with Crippen LogP contribution in [0.15, 0.2) is 36.5 Å². The average molecular weight is 262 g/mol. The number of hydrogen-bond donors (Lipinski definition) is 1. The summed E-state index contributed by atoms with van der Waals surface area (Å²) < 4.78 is 14.7. The van der Waals surface area contributed by atoms with Crippen LogP contribution in [0, 0.1) is 5.82 Å². The van der Waals surface area contributed by atoms with Crippen molar-refractivity contribution in [2.45, 2.75) is 38.8 Å². The minimum atomic E-state index is -0.652. The molecule has 0 fully saturated rings. The molecule has 1 N–H and O–H groups in total. The van der Waals surface area contributed by atoms with Gasteiger partial charge < -0.3 is 5.11 Å². The molecule has 102 valence electrons. The quantitative estimate of drug-likeness (QED) is 0.898. The highest BCUT2D eigenvalue weighted by Gasteiger charge is 2.12. The van der Waals surface area contributed by atoms with Crippen LogP contribution in [-0.2, 0) is 6.42 Å². The summed E-state index contributed by atoms with van der Waals surface area (Å²) in [6.07, 6.45) is 2.73. The molecule has 0 aliphatic heterocycles. The van der Waals surface area contributed by atoms with E-state index in [9.17, 15) is 9.50 Å². The summed E-state index contributed by atoms with van der Waals surface area (Å²) in [5, 5.41) is 14.5. The van der Waals surface area contributed by atoms with E-state index in [1.165, 1.54) is 12.1 Å². The summed E-state index contributed by atoms with van der Waals surface area (Å²) in [7, 11) is 0. The Morgan fingerprint density at radius 3 is 2.58 bits per heavy atom. The zero-order chi connectivity index (χ0) is 13.8. The minimum absolute atomic E-state index is 0.294. The summed E-state index contributed by atoms with van der Waals surface area (Å²) in [4.78, 5) is 0. The minimum Gasteiger partial charge on any atom is -0.388 e. The van der Waals surface area contributed by atoms with Crippen molar-refractivity contribution in [1.82, 2.24) is 9.78 Å². The lowest BCUT2D eigenvalue weighted by atomic mass is 10.1. The molecule has 1 aromatic heterocycles. The highest BCUT2D eigenvalue weighted by Crippen LogP contribution is 2.18. The SMILES string of the molecule is CCC(C)n1ccc(CC(O)c2ccc(F)cc2)n1.